The smallest absolute Gasteiger partial charge is 0.264 e. The van der Waals surface area contributed by atoms with Gasteiger partial charge >= 0.3 is 0 Å². The van der Waals surface area contributed by atoms with Gasteiger partial charge in [0.25, 0.3) is 10.0 Å². The van der Waals surface area contributed by atoms with Crippen molar-refractivity contribution in [2.75, 3.05) is 24.0 Å². The predicted octanol–water partition coefficient (Wildman–Crippen LogP) is 5.00. The first kappa shape index (κ1) is 24.9. The van der Waals surface area contributed by atoms with Crippen molar-refractivity contribution < 1.29 is 17.9 Å². The predicted molar refractivity (Wildman–Crippen MR) is 132 cm³/mol. The number of carbonyl (C=O) groups excluding carboxylic acids is 1. The van der Waals surface area contributed by atoms with Crippen molar-refractivity contribution in [3.8, 4) is 5.75 Å². The molecule has 1 amide bonds. The minimum atomic E-state index is -4.00. The zero-order valence-electron chi connectivity index (χ0n) is 18.2. The Kier molecular flexibility index (Phi) is 8.24. The van der Waals surface area contributed by atoms with Crippen LogP contribution in [0.5, 0.6) is 5.75 Å². The van der Waals surface area contributed by atoms with Gasteiger partial charge in [0.05, 0.1) is 17.1 Å². The summed E-state index contributed by atoms with van der Waals surface area (Å²) in [6.07, 6.45) is 0. The maximum atomic E-state index is 13.4. The molecule has 0 radical (unpaired) electrons. The molecule has 0 saturated carbocycles. The van der Waals surface area contributed by atoms with E-state index in [1.54, 1.807) is 43.3 Å². The number of ether oxygens (including phenoxy) is 1. The molecule has 0 spiro atoms. The van der Waals surface area contributed by atoms with Crippen LogP contribution in [0.15, 0.2) is 71.6 Å². The number of halogens is 2. The van der Waals surface area contributed by atoms with E-state index >= 15 is 0 Å². The lowest BCUT2D eigenvalue weighted by Gasteiger charge is -2.25. The van der Waals surface area contributed by atoms with Crippen LogP contribution in [0.1, 0.15) is 11.1 Å². The molecule has 0 saturated heterocycles. The number of benzene rings is 3. The summed E-state index contributed by atoms with van der Waals surface area (Å²) in [7, 11) is -4.00. The van der Waals surface area contributed by atoms with E-state index in [0.29, 0.717) is 21.5 Å². The van der Waals surface area contributed by atoms with Crippen LogP contribution in [0.4, 0.5) is 5.69 Å². The van der Waals surface area contributed by atoms with Crippen LogP contribution >= 0.6 is 23.2 Å². The molecule has 3 aromatic carbocycles. The number of nitrogens with zero attached hydrogens (tertiary/aromatic N) is 1. The van der Waals surface area contributed by atoms with Crippen LogP contribution in [-0.2, 0) is 14.8 Å². The highest BCUT2D eigenvalue weighted by Crippen LogP contribution is 2.27. The Labute approximate surface area is 204 Å². The Bertz CT molecular complexity index is 1230. The minimum absolute atomic E-state index is 0.0440. The van der Waals surface area contributed by atoms with Gasteiger partial charge in [0, 0.05) is 10.0 Å². The fourth-order valence-corrected chi connectivity index (χ4v) is 4.87. The van der Waals surface area contributed by atoms with Crippen molar-refractivity contribution in [3.63, 3.8) is 0 Å². The Balaban J connectivity index is 1.71. The molecule has 6 nitrogen and oxygen atoms in total. The van der Waals surface area contributed by atoms with Crippen LogP contribution in [0.2, 0.25) is 10.0 Å². The average Bonchev–Trinajstić information content (AvgIpc) is 2.78. The van der Waals surface area contributed by atoms with Gasteiger partial charge in [0.15, 0.2) is 0 Å². The van der Waals surface area contributed by atoms with E-state index in [9.17, 15) is 13.2 Å². The van der Waals surface area contributed by atoms with Crippen molar-refractivity contribution in [2.45, 2.75) is 18.7 Å². The van der Waals surface area contributed by atoms with Gasteiger partial charge < -0.3 is 10.1 Å². The monoisotopic (exact) mass is 506 g/mol. The highest BCUT2D eigenvalue weighted by Gasteiger charge is 2.28. The van der Waals surface area contributed by atoms with Gasteiger partial charge in [-0.05, 0) is 67.4 Å². The first-order valence-electron chi connectivity index (χ1n) is 10.2. The van der Waals surface area contributed by atoms with Crippen LogP contribution in [-0.4, -0.2) is 34.0 Å². The molecule has 0 unspecified atom stereocenters. The number of amides is 1. The molecule has 0 aliphatic heterocycles. The summed E-state index contributed by atoms with van der Waals surface area (Å²) in [5.74, 6) is 0.132. The number of anilines is 1. The van der Waals surface area contributed by atoms with Crippen molar-refractivity contribution in [3.05, 3.63) is 87.9 Å². The summed E-state index contributed by atoms with van der Waals surface area (Å²) in [5.41, 5.74) is 2.09. The quantitative estimate of drug-likeness (QED) is 0.414. The van der Waals surface area contributed by atoms with Crippen LogP contribution in [0.3, 0.4) is 0 Å². The Hall–Kier alpha value is -2.74. The van der Waals surface area contributed by atoms with E-state index in [-0.39, 0.29) is 24.6 Å². The van der Waals surface area contributed by atoms with E-state index in [1.165, 1.54) is 24.3 Å². The average molecular weight is 507 g/mol. The standard InChI is InChI=1S/C24H24Cl2N2O4S/c1-17-7-10-20(15-22(17)26)32-14-13-27-24(29)16-28(23-6-4-3-5-18(23)2)33(30,31)21-11-8-19(25)9-12-21/h3-12,15H,13-14,16H2,1-2H3,(H,27,29). The number of carbonyl (C=O) groups is 1. The number of aryl methyl sites for hydroxylation is 2. The first-order valence-corrected chi connectivity index (χ1v) is 12.4. The summed E-state index contributed by atoms with van der Waals surface area (Å²) in [6.45, 7) is 3.71. The normalized spacial score (nSPS) is 11.2. The summed E-state index contributed by atoms with van der Waals surface area (Å²) in [5, 5.41) is 3.72. The summed E-state index contributed by atoms with van der Waals surface area (Å²) in [4.78, 5) is 12.7. The van der Waals surface area contributed by atoms with E-state index in [1.807, 2.05) is 13.0 Å². The molecule has 9 heteroatoms. The van der Waals surface area contributed by atoms with E-state index in [2.05, 4.69) is 5.32 Å². The number of rotatable bonds is 9. The fraction of sp³-hybridized carbons (Fsp3) is 0.208. The summed E-state index contributed by atoms with van der Waals surface area (Å²) < 4.78 is 33.4. The topological polar surface area (TPSA) is 75.7 Å². The summed E-state index contributed by atoms with van der Waals surface area (Å²) >= 11 is 12.0. The van der Waals surface area contributed by atoms with Crippen molar-refractivity contribution in [1.29, 1.82) is 0 Å². The second-order valence-corrected chi connectivity index (χ2v) is 10.1. The second kappa shape index (κ2) is 10.9. The molecule has 3 rings (SSSR count). The maximum absolute atomic E-state index is 13.4. The number of nitrogens with one attached hydrogen (secondary N) is 1. The Morgan fingerprint density at radius 2 is 1.67 bits per heavy atom. The number of hydrogen-bond acceptors (Lipinski definition) is 4. The third kappa shape index (κ3) is 6.41. The molecule has 0 atom stereocenters. The zero-order chi connectivity index (χ0) is 24.0. The first-order chi connectivity index (χ1) is 15.7. The molecular formula is C24H24Cl2N2O4S. The van der Waals surface area contributed by atoms with E-state index in [0.717, 1.165) is 15.4 Å². The lowest BCUT2D eigenvalue weighted by Crippen LogP contribution is -2.42. The number of para-hydroxylation sites is 1. The molecular weight excluding hydrogens is 483 g/mol. The lowest BCUT2D eigenvalue weighted by molar-refractivity contribution is -0.119. The fourth-order valence-electron chi connectivity index (χ4n) is 3.09. The van der Waals surface area contributed by atoms with Crippen molar-refractivity contribution in [1.82, 2.24) is 5.32 Å². The van der Waals surface area contributed by atoms with Gasteiger partial charge in [-0.15, -0.1) is 0 Å². The summed E-state index contributed by atoms with van der Waals surface area (Å²) in [6, 6.07) is 18.2. The third-order valence-electron chi connectivity index (χ3n) is 4.91. The number of hydrogen-bond donors (Lipinski definition) is 1. The van der Waals surface area contributed by atoms with Gasteiger partial charge in [-0.1, -0.05) is 47.5 Å². The molecule has 0 aliphatic carbocycles. The zero-order valence-corrected chi connectivity index (χ0v) is 20.5. The molecule has 33 heavy (non-hydrogen) atoms. The molecule has 0 bridgehead atoms. The van der Waals surface area contributed by atoms with E-state index in [4.69, 9.17) is 27.9 Å². The van der Waals surface area contributed by atoms with Crippen molar-refractivity contribution >= 4 is 44.8 Å². The van der Waals surface area contributed by atoms with Crippen LogP contribution in [0.25, 0.3) is 0 Å². The van der Waals surface area contributed by atoms with Gasteiger partial charge in [-0.25, -0.2) is 8.42 Å². The Morgan fingerprint density at radius 3 is 2.33 bits per heavy atom. The van der Waals surface area contributed by atoms with Crippen LogP contribution < -0.4 is 14.4 Å². The van der Waals surface area contributed by atoms with Gasteiger partial charge in [-0.2, -0.15) is 0 Å². The van der Waals surface area contributed by atoms with Crippen molar-refractivity contribution in [2.24, 2.45) is 0 Å². The van der Waals surface area contributed by atoms with Crippen LogP contribution in [0, 0.1) is 13.8 Å². The molecule has 0 aliphatic rings. The van der Waals surface area contributed by atoms with E-state index < -0.39 is 15.9 Å². The molecule has 0 heterocycles. The highest BCUT2D eigenvalue weighted by molar-refractivity contribution is 7.92. The second-order valence-electron chi connectivity index (χ2n) is 7.36. The SMILES string of the molecule is Cc1ccc(OCCNC(=O)CN(c2ccccc2C)S(=O)(=O)c2ccc(Cl)cc2)cc1Cl. The lowest BCUT2D eigenvalue weighted by atomic mass is 10.2. The molecule has 174 valence electrons. The minimum Gasteiger partial charge on any atom is -0.492 e. The third-order valence-corrected chi connectivity index (χ3v) is 7.34. The Morgan fingerprint density at radius 1 is 0.970 bits per heavy atom. The highest BCUT2D eigenvalue weighted by atomic mass is 35.5. The molecule has 0 fully saturated rings. The van der Waals surface area contributed by atoms with Gasteiger partial charge in [-0.3, -0.25) is 9.10 Å². The molecule has 3 aromatic rings. The number of sulfonamides is 1. The van der Waals surface area contributed by atoms with Gasteiger partial charge in [0.2, 0.25) is 5.91 Å². The molecule has 0 aromatic heterocycles. The maximum Gasteiger partial charge on any atom is 0.264 e. The van der Waals surface area contributed by atoms with Gasteiger partial charge in [0.1, 0.15) is 18.9 Å². The molecule has 1 N–H and O–H groups in total. The largest absolute Gasteiger partial charge is 0.492 e.